The van der Waals surface area contributed by atoms with Gasteiger partial charge in [-0.2, -0.15) is 0 Å². The quantitative estimate of drug-likeness (QED) is 0.737. The highest BCUT2D eigenvalue weighted by Crippen LogP contribution is 2.23. The summed E-state index contributed by atoms with van der Waals surface area (Å²) in [4.78, 5) is 48.4. The van der Waals surface area contributed by atoms with Crippen LogP contribution in [-0.2, 0) is 11.3 Å². The van der Waals surface area contributed by atoms with E-state index < -0.39 is 11.2 Å². The van der Waals surface area contributed by atoms with E-state index in [1.807, 2.05) is 11.8 Å². The highest BCUT2D eigenvalue weighted by molar-refractivity contribution is 5.96. The zero-order chi connectivity index (χ0) is 21.8. The number of aryl methyl sites for hydroxylation is 1. The van der Waals surface area contributed by atoms with Gasteiger partial charge in [-0.3, -0.25) is 24.0 Å². The number of nitrogens with zero attached hydrogens (tertiary/aromatic N) is 4. The minimum Gasteiger partial charge on any atom is -0.379 e. The summed E-state index contributed by atoms with van der Waals surface area (Å²) in [5, 5.41) is 0.277. The summed E-state index contributed by atoms with van der Waals surface area (Å²) in [6.45, 7) is 8.62. The number of amides is 1. The lowest BCUT2D eigenvalue weighted by Crippen LogP contribution is -2.41. The number of nitrogens with one attached hydrogen (secondary N) is 1. The Hall–Kier alpha value is -2.52. The van der Waals surface area contributed by atoms with Crippen LogP contribution in [0.1, 0.15) is 43.0 Å². The Morgan fingerprint density at radius 1 is 1.16 bits per heavy atom. The van der Waals surface area contributed by atoms with Crippen molar-refractivity contribution in [3.05, 3.63) is 38.7 Å². The van der Waals surface area contributed by atoms with Gasteiger partial charge in [0.05, 0.1) is 24.2 Å². The van der Waals surface area contributed by atoms with Crippen molar-refractivity contribution < 1.29 is 9.53 Å². The number of fused-ring (bicyclic) bond motifs is 1. The van der Waals surface area contributed by atoms with Gasteiger partial charge in [0.15, 0.2) is 0 Å². The Morgan fingerprint density at radius 3 is 2.61 bits per heavy atom. The number of aromatic amines is 1. The second kappa shape index (κ2) is 9.74. The predicted molar refractivity (Wildman–Crippen MR) is 117 cm³/mol. The summed E-state index contributed by atoms with van der Waals surface area (Å²) in [5.74, 6) is 0.529. The molecule has 2 saturated heterocycles. The van der Waals surface area contributed by atoms with Gasteiger partial charge in [0, 0.05) is 38.9 Å². The summed E-state index contributed by atoms with van der Waals surface area (Å²) in [6.07, 6.45) is 5.37. The molecule has 2 fully saturated rings. The van der Waals surface area contributed by atoms with Gasteiger partial charge < -0.3 is 9.64 Å². The van der Waals surface area contributed by atoms with Gasteiger partial charge in [0.2, 0.25) is 0 Å². The number of hydrogen-bond donors (Lipinski definition) is 1. The average molecular weight is 430 g/mol. The second-order valence-electron chi connectivity index (χ2n) is 8.48. The number of likely N-dealkylation sites (tertiary alicyclic amines) is 1. The minimum absolute atomic E-state index is 0.103. The summed E-state index contributed by atoms with van der Waals surface area (Å²) >= 11 is 0. The van der Waals surface area contributed by atoms with E-state index >= 15 is 0 Å². The largest absolute Gasteiger partial charge is 0.379 e. The Kier molecular flexibility index (Phi) is 6.82. The van der Waals surface area contributed by atoms with Gasteiger partial charge in [-0.25, -0.2) is 9.78 Å². The number of rotatable bonds is 6. The van der Waals surface area contributed by atoms with Gasteiger partial charge >= 0.3 is 5.69 Å². The molecule has 0 saturated carbocycles. The third-order valence-electron chi connectivity index (χ3n) is 6.39. The molecule has 31 heavy (non-hydrogen) atoms. The molecule has 168 valence electrons. The van der Waals surface area contributed by atoms with Gasteiger partial charge in [-0.1, -0.05) is 6.92 Å². The fourth-order valence-electron chi connectivity index (χ4n) is 4.51. The summed E-state index contributed by atoms with van der Waals surface area (Å²) in [5.41, 5.74) is -0.248. The smallest absolute Gasteiger partial charge is 0.329 e. The molecule has 2 aromatic heterocycles. The van der Waals surface area contributed by atoms with Crippen molar-refractivity contribution in [3.8, 4) is 0 Å². The molecule has 0 aliphatic carbocycles. The standard InChI is InChI=1S/C22H31N5O4/c1-2-6-27-19-18(20(28)24-22(27)30)14-17(15-23-19)21(29)26-8-4-16(5-9-26)3-7-25-10-12-31-13-11-25/h14-16H,2-13H2,1H3,(H,24,28,30). The van der Waals surface area contributed by atoms with Crippen LogP contribution in [0.3, 0.4) is 0 Å². The van der Waals surface area contributed by atoms with Crippen molar-refractivity contribution in [2.45, 2.75) is 39.2 Å². The third kappa shape index (κ3) is 4.88. The van der Waals surface area contributed by atoms with E-state index in [9.17, 15) is 14.4 Å². The summed E-state index contributed by atoms with van der Waals surface area (Å²) in [6, 6.07) is 1.57. The van der Waals surface area contributed by atoms with Crippen LogP contribution in [0.15, 0.2) is 21.9 Å². The first-order valence-corrected chi connectivity index (χ1v) is 11.3. The molecule has 0 spiro atoms. The Bertz CT molecular complexity index is 1030. The van der Waals surface area contributed by atoms with Crippen molar-refractivity contribution in [2.24, 2.45) is 5.92 Å². The fourth-order valence-corrected chi connectivity index (χ4v) is 4.51. The molecule has 0 bridgehead atoms. The zero-order valence-corrected chi connectivity index (χ0v) is 18.1. The summed E-state index contributed by atoms with van der Waals surface area (Å²) < 4.78 is 6.85. The molecule has 0 radical (unpaired) electrons. The van der Waals surface area contributed by atoms with E-state index in [1.165, 1.54) is 10.8 Å². The van der Waals surface area contributed by atoms with E-state index in [-0.39, 0.29) is 11.3 Å². The van der Waals surface area contributed by atoms with Crippen LogP contribution in [0.4, 0.5) is 0 Å². The highest BCUT2D eigenvalue weighted by atomic mass is 16.5. The maximum Gasteiger partial charge on any atom is 0.329 e. The van der Waals surface area contributed by atoms with E-state index in [1.54, 1.807) is 6.07 Å². The van der Waals surface area contributed by atoms with Crippen molar-refractivity contribution in [1.29, 1.82) is 0 Å². The predicted octanol–water partition coefficient (Wildman–Crippen LogP) is 1.07. The van der Waals surface area contributed by atoms with Gasteiger partial charge in [-0.15, -0.1) is 0 Å². The molecular formula is C22H31N5O4. The molecule has 0 aromatic carbocycles. The monoisotopic (exact) mass is 429 g/mol. The van der Waals surface area contributed by atoms with Gasteiger partial charge in [-0.05, 0) is 44.2 Å². The first kappa shape index (κ1) is 21.7. The Labute approximate surface area is 181 Å². The molecule has 4 rings (SSSR count). The maximum absolute atomic E-state index is 13.0. The maximum atomic E-state index is 13.0. The van der Waals surface area contributed by atoms with Crippen molar-refractivity contribution in [1.82, 2.24) is 24.3 Å². The number of H-pyrrole nitrogens is 1. The van der Waals surface area contributed by atoms with Crippen LogP contribution >= 0.6 is 0 Å². The first-order valence-electron chi connectivity index (χ1n) is 11.3. The molecule has 0 atom stereocenters. The molecule has 4 heterocycles. The van der Waals surface area contributed by atoms with Crippen LogP contribution in [-0.4, -0.2) is 76.2 Å². The lowest BCUT2D eigenvalue weighted by Gasteiger charge is -2.34. The number of aromatic nitrogens is 3. The second-order valence-corrected chi connectivity index (χ2v) is 8.48. The molecule has 1 N–H and O–H groups in total. The summed E-state index contributed by atoms with van der Waals surface area (Å²) in [7, 11) is 0. The lowest BCUT2D eigenvalue weighted by molar-refractivity contribution is 0.0332. The number of piperidine rings is 1. The van der Waals surface area contributed by atoms with E-state index in [0.717, 1.165) is 71.6 Å². The highest BCUT2D eigenvalue weighted by Gasteiger charge is 2.25. The Balaban J connectivity index is 1.40. The van der Waals surface area contributed by atoms with Crippen LogP contribution < -0.4 is 11.2 Å². The van der Waals surface area contributed by atoms with Gasteiger partial charge in [0.1, 0.15) is 5.65 Å². The number of carbonyl (C=O) groups is 1. The van der Waals surface area contributed by atoms with Crippen molar-refractivity contribution >= 4 is 16.9 Å². The van der Waals surface area contributed by atoms with Crippen LogP contribution in [0.2, 0.25) is 0 Å². The molecule has 9 heteroatoms. The van der Waals surface area contributed by atoms with E-state index in [0.29, 0.717) is 23.7 Å². The van der Waals surface area contributed by atoms with Crippen LogP contribution in [0.25, 0.3) is 11.0 Å². The molecule has 9 nitrogen and oxygen atoms in total. The van der Waals surface area contributed by atoms with Gasteiger partial charge in [0.25, 0.3) is 11.5 Å². The third-order valence-corrected chi connectivity index (χ3v) is 6.39. The minimum atomic E-state index is -0.503. The SMILES string of the molecule is CCCn1c(=O)[nH]c(=O)c2cc(C(=O)N3CCC(CCN4CCOCC4)CC3)cnc21. The fraction of sp³-hybridized carbons (Fsp3) is 0.636. The number of ether oxygens (including phenoxy) is 1. The van der Waals surface area contributed by atoms with E-state index in [2.05, 4.69) is 14.9 Å². The van der Waals surface area contributed by atoms with Crippen LogP contribution in [0, 0.1) is 5.92 Å². The number of pyridine rings is 1. The molecule has 2 aliphatic rings. The van der Waals surface area contributed by atoms with Crippen molar-refractivity contribution in [2.75, 3.05) is 45.9 Å². The Morgan fingerprint density at radius 2 is 1.90 bits per heavy atom. The first-order chi connectivity index (χ1) is 15.1. The van der Waals surface area contributed by atoms with Crippen LogP contribution in [0.5, 0.6) is 0 Å². The molecule has 1 amide bonds. The molecule has 2 aromatic rings. The number of hydrogen-bond acceptors (Lipinski definition) is 6. The molecule has 0 unspecified atom stereocenters. The number of carbonyl (C=O) groups excluding carboxylic acids is 1. The lowest BCUT2D eigenvalue weighted by atomic mass is 9.93. The number of morpholine rings is 1. The van der Waals surface area contributed by atoms with Crippen molar-refractivity contribution in [3.63, 3.8) is 0 Å². The zero-order valence-electron chi connectivity index (χ0n) is 18.1. The average Bonchev–Trinajstić information content (AvgIpc) is 2.81. The normalized spacial score (nSPS) is 18.5. The molecule has 2 aliphatic heterocycles. The topological polar surface area (TPSA) is 101 Å². The molecular weight excluding hydrogens is 398 g/mol. The van der Waals surface area contributed by atoms with E-state index in [4.69, 9.17) is 4.74 Å².